The van der Waals surface area contributed by atoms with Crippen LogP contribution in [0.4, 0.5) is 0 Å². The van der Waals surface area contributed by atoms with E-state index in [4.69, 9.17) is 24.0 Å². The van der Waals surface area contributed by atoms with E-state index in [1.807, 2.05) is 36.4 Å². The number of rotatable bonds is 4. The molecule has 2 aromatic rings. The minimum atomic E-state index is -1.75. The summed E-state index contributed by atoms with van der Waals surface area (Å²) in [4.78, 5) is 0. The molecule has 0 radical (unpaired) electrons. The molecule has 0 heterocycles. The fourth-order valence-electron chi connectivity index (χ4n) is 1.80. The van der Waals surface area contributed by atoms with Gasteiger partial charge >= 0.3 is 0 Å². The fourth-order valence-corrected chi connectivity index (χ4v) is 5.95. The molecule has 0 aliphatic rings. The van der Waals surface area contributed by atoms with Crippen LogP contribution in [0.25, 0.3) is 0 Å². The van der Waals surface area contributed by atoms with Gasteiger partial charge in [-0.1, -0.05) is 84.7 Å². The second-order valence-electron chi connectivity index (χ2n) is 3.76. The Morgan fingerprint density at radius 3 is 1.59 bits per heavy atom. The topological polar surface area (TPSA) is 0 Å². The first-order valence-corrected chi connectivity index (χ1v) is 8.87. The summed E-state index contributed by atoms with van der Waals surface area (Å²) in [5.74, 6) is 0. The van der Waals surface area contributed by atoms with Crippen LogP contribution in [0.1, 0.15) is 0 Å². The molecule has 0 bridgehead atoms. The third-order valence-corrected chi connectivity index (χ3v) is 7.77. The van der Waals surface area contributed by atoms with Crippen LogP contribution >= 0.6 is 18.3 Å². The fraction of sp³-hybridized carbons (Fsp3) is 0.0714. The van der Waals surface area contributed by atoms with Gasteiger partial charge in [-0.15, -0.1) is 0 Å². The molecule has 2 rings (SSSR count). The summed E-state index contributed by atoms with van der Waals surface area (Å²) in [6.45, 7) is 0. The Morgan fingerprint density at radius 1 is 0.824 bits per heavy atom. The zero-order valence-electron chi connectivity index (χ0n) is 9.32. The van der Waals surface area contributed by atoms with E-state index in [1.54, 1.807) is 5.37 Å². The van der Waals surface area contributed by atoms with Crippen molar-refractivity contribution in [1.29, 1.82) is 0 Å². The van der Waals surface area contributed by atoms with Crippen molar-refractivity contribution in [2.75, 3.05) is 6.16 Å². The lowest BCUT2D eigenvalue weighted by Crippen LogP contribution is -2.18. The van der Waals surface area contributed by atoms with Crippen molar-refractivity contribution >= 4 is 46.0 Å². The summed E-state index contributed by atoms with van der Waals surface area (Å²) < 4.78 is 0. The van der Waals surface area contributed by atoms with E-state index in [1.165, 1.54) is 10.6 Å². The maximum absolute atomic E-state index is 5.95. The Kier molecular flexibility index (Phi) is 4.22. The molecule has 86 valence electrons. The Hall–Kier alpha value is -0.820. The molecule has 0 aliphatic heterocycles. The average molecular weight is 276 g/mol. The first kappa shape index (κ1) is 12.6. The highest BCUT2D eigenvalue weighted by atomic mass is 32.4. The van der Waals surface area contributed by atoms with Crippen molar-refractivity contribution in [2.45, 2.75) is 0 Å². The Labute approximate surface area is 113 Å². The molecule has 2 aromatic carbocycles. The molecule has 0 saturated heterocycles. The lowest BCUT2D eigenvalue weighted by Gasteiger charge is -2.21. The normalized spacial score (nSPS) is 11.1. The van der Waals surface area contributed by atoms with E-state index in [-0.39, 0.29) is 0 Å². The summed E-state index contributed by atoms with van der Waals surface area (Å²) >= 11 is 11.0. The quantitative estimate of drug-likeness (QED) is 0.621. The summed E-state index contributed by atoms with van der Waals surface area (Å²) in [6, 6.07) is 18.9. The van der Waals surface area contributed by atoms with Gasteiger partial charge in [0.25, 0.3) is 0 Å². The second kappa shape index (κ2) is 5.68. The van der Waals surface area contributed by atoms with Gasteiger partial charge in [-0.3, -0.25) is 0 Å². The summed E-state index contributed by atoms with van der Waals surface area (Å²) in [6.07, 6.45) is 0.797. The maximum Gasteiger partial charge on any atom is 0.0150 e. The third kappa shape index (κ3) is 2.71. The lowest BCUT2D eigenvalue weighted by molar-refractivity contribution is 1.74. The van der Waals surface area contributed by atoms with Crippen molar-refractivity contribution in [3.8, 4) is 0 Å². The Balaban J connectivity index is 2.55. The molecular weight excluding hydrogens is 263 g/mol. The summed E-state index contributed by atoms with van der Waals surface area (Å²) in [5, 5.41) is 4.26. The van der Waals surface area contributed by atoms with Crippen LogP contribution in [-0.4, -0.2) is 11.5 Å². The minimum Gasteiger partial charge on any atom is -0.0930 e. The number of benzene rings is 2. The van der Waals surface area contributed by atoms with Crippen LogP contribution in [0.15, 0.2) is 60.7 Å². The standard InChI is InChI=1S/C14H13PS2/c16-12-11-15(17,13-7-3-1-4-8-13)14-9-5-2-6-10-14/h1-10,12H,11H2. The lowest BCUT2D eigenvalue weighted by atomic mass is 10.4. The van der Waals surface area contributed by atoms with Gasteiger partial charge in [0.05, 0.1) is 0 Å². The molecular formula is C14H13PS2. The van der Waals surface area contributed by atoms with E-state index in [2.05, 4.69) is 24.3 Å². The number of thiocarbonyl (C=S) groups is 1. The SMILES string of the molecule is S=CCP(=S)(c1ccccc1)c1ccccc1. The minimum absolute atomic E-state index is 0.797. The van der Waals surface area contributed by atoms with E-state index in [0.717, 1.165) is 6.16 Å². The number of hydrogen-bond acceptors (Lipinski definition) is 2. The molecule has 0 aromatic heterocycles. The van der Waals surface area contributed by atoms with Crippen molar-refractivity contribution in [3.63, 3.8) is 0 Å². The van der Waals surface area contributed by atoms with Gasteiger partial charge in [-0.2, -0.15) is 0 Å². The smallest absolute Gasteiger partial charge is 0.0150 e. The second-order valence-corrected chi connectivity index (χ2v) is 8.84. The van der Waals surface area contributed by atoms with Gasteiger partial charge in [-0.25, -0.2) is 0 Å². The van der Waals surface area contributed by atoms with Gasteiger partial charge < -0.3 is 0 Å². The summed E-state index contributed by atoms with van der Waals surface area (Å²) in [7, 11) is 0. The highest BCUT2D eigenvalue weighted by Gasteiger charge is 2.20. The number of hydrogen-bond donors (Lipinski definition) is 0. The van der Waals surface area contributed by atoms with E-state index in [9.17, 15) is 0 Å². The zero-order valence-corrected chi connectivity index (χ0v) is 11.8. The predicted octanol–water partition coefficient (Wildman–Crippen LogP) is 3.12. The molecule has 0 N–H and O–H groups in total. The van der Waals surface area contributed by atoms with Crippen LogP contribution in [0.2, 0.25) is 0 Å². The molecule has 0 unspecified atom stereocenters. The Bertz CT molecular complexity index is 491. The molecule has 0 aliphatic carbocycles. The van der Waals surface area contributed by atoms with Gasteiger partial charge in [0.1, 0.15) is 0 Å². The molecule has 0 spiro atoms. The van der Waals surface area contributed by atoms with E-state index < -0.39 is 6.04 Å². The molecule has 0 nitrogen and oxygen atoms in total. The zero-order chi connectivity index (χ0) is 12.1. The molecule has 0 fully saturated rings. The van der Waals surface area contributed by atoms with Crippen LogP contribution in [0, 0.1) is 0 Å². The molecule has 0 amide bonds. The van der Waals surface area contributed by atoms with Crippen LogP contribution < -0.4 is 10.6 Å². The van der Waals surface area contributed by atoms with Crippen LogP contribution in [-0.2, 0) is 11.8 Å². The van der Waals surface area contributed by atoms with Gasteiger partial charge in [-0.05, 0) is 16.0 Å². The highest BCUT2D eigenvalue weighted by molar-refractivity contribution is 8.22. The van der Waals surface area contributed by atoms with Crippen molar-refractivity contribution in [3.05, 3.63) is 60.7 Å². The predicted molar refractivity (Wildman–Crippen MR) is 85.0 cm³/mol. The molecule has 0 saturated carbocycles. The third-order valence-electron chi connectivity index (χ3n) is 2.68. The van der Waals surface area contributed by atoms with Crippen LogP contribution in [0.5, 0.6) is 0 Å². The monoisotopic (exact) mass is 276 g/mol. The largest absolute Gasteiger partial charge is 0.0930 e. The molecule has 17 heavy (non-hydrogen) atoms. The van der Waals surface area contributed by atoms with Crippen LogP contribution in [0.3, 0.4) is 0 Å². The molecule has 0 atom stereocenters. The average Bonchev–Trinajstić information content (AvgIpc) is 2.41. The van der Waals surface area contributed by atoms with E-state index >= 15 is 0 Å². The first-order valence-electron chi connectivity index (χ1n) is 5.41. The van der Waals surface area contributed by atoms with E-state index in [0.29, 0.717) is 0 Å². The highest BCUT2D eigenvalue weighted by Crippen LogP contribution is 2.42. The Morgan fingerprint density at radius 2 is 1.24 bits per heavy atom. The van der Waals surface area contributed by atoms with Gasteiger partial charge in [0, 0.05) is 12.2 Å². The van der Waals surface area contributed by atoms with Crippen molar-refractivity contribution < 1.29 is 0 Å². The maximum atomic E-state index is 5.95. The van der Waals surface area contributed by atoms with Crippen molar-refractivity contribution in [1.82, 2.24) is 0 Å². The molecule has 3 heteroatoms. The first-order chi connectivity index (χ1) is 8.27. The summed E-state index contributed by atoms with van der Waals surface area (Å²) in [5.41, 5.74) is 0. The van der Waals surface area contributed by atoms with Crippen molar-refractivity contribution in [2.24, 2.45) is 0 Å². The van der Waals surface area contributed by atoms with Gasteiger partial charge in [0.15, 0.2) is 0 Å². The van der Waals surface area contributed by atoms with Gasteiger partial charge in [0.2, 0.25) is 0 Å².